The molecule has 0 fully saturated rings. The van der Waals surface area contributed by atoms with Crippen LogP contribution in [0.1, 0.15) is 0 Å². The average Bonchev–Trinajstić information content (AvgIpc) is 2.51. The standard InChI is InChI=1S/C4H7N5O2S/c5-2(3(10)11)1-12-4-6-8-9-7-4/h2H,1,5H2,(H,10,11)(H,6,7,8,9)/t2-/m1/s1. The third-order valence-corrected chi connectivity index (χ3v) is 1.99. The summed E-state index contributed by atoms with van der Waals surface area (Å²) in [6, 6.07) is -0.895. The highest BCUT2D eigenvalue weighted by atomic mass is 32.2. The topological polar surface area (TPSA) is 118 Å². The zero-order valence-electron chi connectivity index (χ0n) is 5.97. The molecule has 0 bridgehead atoms. The molecule has 1 aromatic rings. The third-order valence-electron chi connectivity index (χ3n) is 1.04. The number of aromatic nitrogens is 4. The number of nitrogens with two attached hydrogens (primary N) is 1. The fourth-order valence-corrected chi connectivity index (χ4v) is 1.12. The lowest BCUT2D eigenvalue weighted by Crippen LogP contribution is -2.32. The second-order valence-electron chi connectivity index (χ2n) is 1.95. The van der Waals surface area contributed by atoms with E-state index in [0.717, 1.165) is 11.8 Å². The minimum Gasteiger partial charge on any atom is -0.480 e. The maximum Gasteiger partial charge on any atom is 0.321 e. The first kappa shape index (κ1) is 8.94. The molecule has 0 saturated heterocycles. The van der Waals surface area contributed by atoms with Crippen molar-refractivity contribution >= 4 is 17.7 Å². The molecule has 1 heterocycles. The first-order chi connectivity index (χ1) is 5.70. The SMILES string of the molecule is N[C@H](CSc1nn[nH]n1)C(=O)O. The van der Waals surface area contributed by atoms with Gasteiger partial charge in [0.2, 0.25) is 5.16 Å². The van der Waals surface area contributed by atoms with Gasteiger partial charge >= 0.3 is 5.97 Å². The van der Waals surface area contributed by atoms with E-state index in [1.54, 1.807) is 0 Å². The fraction of sp³-hybridized carbons (Fsp3) is 0.500. The van der Waals surface area contributed by atoms with Gasteiger partial charge in [-0.2, -0.15) is 5.21 Å². The number of aromatic amines is 1. The molecule has 1 rings (SSSR count). The van der Waals surface area contributed by atoms with Crippen LogP contribution in [0.15, 0.2) is 5.16 Å². The zero-order valence-corrected chi connectivity index (χ0v) is 6.78. The van der Waals surface area contributed by atoms with E-state index in [4.69, 9.17) is 10.8 Å². The molecule has 0 aliphatic heterocycles. The summed E-state index contributed by atoms with van der Waals surface area (Å²) in [5.74, 6) is -0.805. The molecule has 12 heavy (non-hydrogen) atoms. The Balaban J connectivity index is 2.31. The Labute approximate surface area is 71.7 Å². The summed E-state index contributed by atoms with van der Waals surface area (Å²) in [7, 11) is 0. The number of rotatable bonds is 4. The molecule has 7 nitrogen and oxygen atoms in total. The van der Waals surface area contributed by atoms with Crippen LogP contribution in [-0.2, 0) is 4.79 Å². The van der Waals surface area contributed by atoms with E-state index in [9.17, 15) is 4.79 Å². The minimum absolute atomic E-state index is 0.231. The van der Waals surface area contributed by atoms with Crippen LogP contribution in [0.2, 0.25) is 0 Å². The van der Waals surface area contributed by atoms with Crippen molar-refractivity contribution in [3.63, 3.8) is 0 Å². The zero-order chi connectivity index (χ0) is 8.97. The summed E-state index contributed by atoms with van der Waals surface area (Å²) in [5.41, 5.74) is 5.23. The molecule has 0 amide bonds. The van der Waals surface area contributed by atoms with Crippen LogP contribution < -0.4 is 5.73 Å². The summed E-state index contributed by atoms with van der Waals surface area (Å²) in [4.78, 5) is 10.3. The Kier molecular flexibility index (Phi) is 3.00. The number of aliphatic carboxylic acids is 1. The molecule has 0 aromatic carbocycles. The number of hydrogen-bond acceptors (Lipinski definition) is 6. The lowest BCUT2D eigenvalue weighted by Gasteiger charge is -2.01. The highest BCUT2D eigenvalue weighted by Crippen LogP contribution is 2.10. The number of carboxylic acid groups (broad SMARTS) is 1. The monoisotopic (exact) mass is 189 g/mol. The average molecular weight is 189 g/mol. The van der Waals surface area contributed by atoms with Crippen LogP contribution in [0.4, 0.5) is 0 Å². The van der Waals surface area contributed by atoms with Crippen molar-refractivity contribution in [3.05, 3.63) is 0 Å². The molecule has 1 aromatic heterocycles. The van der Waals surface area contributed by atoms with Gasteiger partial charge in [-0.1, -0.05) is 11.8 Å². The Bertz CT molecular complexity index is 250. The van der Waals surface area contributed by atoms with E-state index in [2.05, 4.69) is 20.6 Å². The number of nitrogens with one attached hydrogen (secondary N) is 1. The van der Waals surface area contributed by atoms with Crippen LogP contribution in [0.25, 0.3) is 0 Å². The molecule has 0 unspecified atom stereocenters. The summed E-state index contributed by atoms with van der Waals surface area (Å²) in [5, 5.41) is 21.6. The first-order valence-electron chi connectivity index (χ1n) is 3.05. The molecule has 0 spiro atoms. The van der Waals surface area contributed by atoms with Crippen molar-refractivity contribution in [1.29, 1.82) is 0 Å². The molecule has 0 aliphatic rings. The van der Waals surface area contributed by atoms with E-state index < -0.39 is 12.0 Å². The van der Waals surface area contributed by atoms with Crippen molar-refractivity contribution in [2.75, 3.05) is 5.75 Å². The third kappa shape index (κ3) is 2.47. The van der Waals surface area contributed by atoms with Gasteiger partial charge in [0.1, 0.15) is 6.04 Å². The largest absolute Gasteiger partial charge is 0.480 e. The number of carboxylic acids is 1. The van der Waals surface area contributed by atoms with Crippen LogP contribution in [-0.4, -0.2) is 43.5 Å². The van der Waals surface area contributed by atoms with Gasteiger partial charge in [-0.3, -0.25) is 4.79 Å². The number of hydrogen-bond donors (Lipinski definition) is 3. The fourth-order valence-electron chi connectivity index (χ4n) is 0.449. The number of tetrazole rings is 1. The highest BCUT2D eigenvalue weighted by molar-refractivity contribution is 7.99. The van der Waals surface area contributed by atoms with Gasteiger partial charge < -0.3 is 10.8 Å². The highest BCUT2D eigenvalue weighted by Gasteiger charge is 2.12. The molecule has 8 heteroatoms. The number of thioether (sulfide) groups is 1. The Morgan fingerprint density at radius 2 is 2.58 bits per heavy atom. The minimum atomic E-state index is -1.04. The lowest BCUT2D eigenvalue weighted by atomic mass is 10.4. The maximum atomic E-state index is 10.3. The van der Waals surface area contributed by atoms with Crippen LogP contribution in [0.5, 0.6) is 0 Å². The molecular weight excluding hydrogens is 182 g/mol. The van der Waals surface area contributed by atoms with Crippen molar-refractivity contribution < 1.29 is 9.90 Å². The molecule has 0 saturated carbocycles. The molecular formula is C4H7N5O2S. The molecule has 66 valence electrons. The van der Waals surface area contributed by atoms with Crippen molar-refractivity contribution in [3.8, 4) is 0 Å². The summed E-state index contributed by atoms with van der Waals surface area (Å²) >= 11 is 1.14. The number of nitrogens with zero attached hydrogens (tertiary/aromatic N) is 3. The van der Waals surface area contributed by atoms with Crippen molar-refractivity contribution in [2.24, 2.45) is 5.73 Å². The number of H-pyrrole nitrogens is 1. The van der Waals surface area contributed by atoms with Gasteiger partial charge in [0.05, 0.1) is 0 Å². The Hall–Kier alpha value is -1.15. The van der Waals surface area contributed by atoms with Gasteiger partial charge in [0, 0.05) is 5.75 Å². The lowest BCUT2D eigenvalue weighted by molar-refractivity contribution is -0.137. The number of carbonyl (C=O) groups is 1. The smallest absolute Gasteiger partial charge is 0.321 e. The summed E-state index contributed by atoms with van der Waals surface area (Å²) < 4.78 is 0. The predicted molar refractivity (Wildman–Crippen MR) is 40.5 cm³/mol. The van der Waals surface area contributed by atoms with Gasteiger partial charge in [0.15, 0.2) is 0 Å². The van der Waals surface area contributed by atoms with Gasteiger partial charge in [-0.05, 0) is 5.21 Å². The summed E-state index contributed by atoms with van der Waals surface area (Å²) in [6.07, 6.45) is 0. The summed E-state index contributed by atoms with van der Waals surface area (Å²) in [6.45, 7) is 0. The van der Waals surface area contributed by atoms with Crippen molar-refractivity contribution in [2.45, 2.75) is 11.2 Å². The molecule has 0 radical (unpaired) electrons. The maximum absolute atomic E-state index is 10.3. The van der Waals surface area contributed by atoms with Crippen LogP contribution in [0, 0.1) is 0 Å². The van der Waals surface area contributed by atoms with E-state index >= 15 is 0 Å². The van der Waals surface area contributed by atoms with Crippen LogP contribution >= 0.6 is 11.8 Å². The second-order valence-corrected chi connectivity index (χ2v) is 2.94. The van der Waals surface area contributed by atoms with E-state index in [-0.39, 0.29) is 5.75 Å². The Morgan fingerprint density at radius 1 is 1.83 bits per heavy atom. The van der Waals surface area contributed by atoms with Gasteiger partial charge in [0.25, 0.3) is 0 Å². The Morgan fingerprint density at radius 3 is 3.08 bits per heavy atom. The predicted octanol–water partition coefficient (Wildman–Crippen LogP) is -1.30. The molecule has 1 atom stereocenters. The first-order valence-corrected chi connectivity index (χ1v) is 4.03. The van der Waals surface area contributed by atoms with Crippen molar-refractivity contribution in [1.82, 2.24) is 20.6 Å². The quantitative estimate of drug-likeness (QED) is 0.504. The van der Waals surface area contributed by atoms with Gasteiger partial charge in [-0.15, -0.1) is 10.2 Å². The van der Waals surface area contributed by atoms with E-state index in [1.165, 1.54) is 0 Å². The van der Waals surface area contributed by atoms with Crippen LogP contribution in [0.3, 0.4) is 0 Å². The van der Waals surface area contributed by atoms with Gasteiger partial charge in [-0.25, -0.2) is 0 Å². The van der Waals surface area contributed by atoms with E-state index in [0.29, 0.717) is 5.16 Å². The van der Waals surface area contributed by atoms with E-state index in [1.807, 2.05) is 0 Å². The normalized spacial score (nSPS) is 12.8. The molecule has 0 aliphatic carbocycles. The second kappa shape index (κ2) is 4.02. The molecule has 4 N–H and O–H groups in total.